The predicted molar refractivity (Wildman–Crippen MR) is 42.3 cm³/mol. The lowest BCUT2D eigenvalue weighted by atomic mass is 10.1. The Hall–Kier alpha value is -0.570. The molecular formula is C8H15NO2. The van der Waals surface area contributed by atoms with Crippen molar-refractivity contribution in [3.05, 3.63) is 0 Å². The Morgan fingerprint density at radius 1 is 1.55 bits per heavy atom. The van der Waals surface area contributed by atoms with E-state index in [1.165, 1.54) is 0 Å². The number of ether oxygens (including phenoxy) is 1. The van der Waals surface area contributed by atoms with Crippen LogP contribution in [-0.2, 0) is 9.53 Å². The molecule has 1 unspecified atom stereocenters. The molecule has 0 spiro atoms. The normalized spacial score (nSPS) is 26.5. The Morgan fingerprint density at radius 3 is 2.91 bits per heavy atom. The molecule has 0 aromatic rings. The Bertz CT molecular complexity index is 145. The predicted octanol–water partition coefficient (Wildman–Crippen LogP) is 0.644. The molecule has 1 atom stereocenters. The Balaban J connectivity index is 2.45. The van der Waals surface area contributed by atoms with Gasteiger partial charge in [0.15, 0.2) is 0 Å². The fraction of sp³-hybridized carbons (Fsp3) is 0.875. The molecule has 1 aliphatic heterocycles. The molecule has 0 amide bonds. The first-order chi connectivity index (χ1) is 5.20. The van der Waals surface area contributed by atoms with E-state index in [1.54, 1.807) is 0 Å². The first kappa shape index (κ1) is 8.53. The van der Waals surface area contributed by atoms with Gasteiger partial charge in [0.2, 0.25) is 0 Å². The fourth-order valence-corrected chi connectivity index (χ4v) is 1.30. The number of esters is 1. The minimum Gasteiger partial charge on any atom is -0.466 e. The molecule has 11 heavy (non-hydrogen) atoms. The summed E-state index contributed by atoms with van der Waals surface area (Å²) in [6.45, 7) is 0.600. The van der Waals surface area contributed by atoms with Crippen LogP contribution in [-0.4, -0.2) is 37.6 Å². The van der Waals surface area contributed by atoms with Gasteiger partial charge >= 0.3 is 5.97 Å². The lowest BCUT2D eigenvalue weighted by Crippen LogP contribution is -2.29. The average Bonchev–Trinajstić information content (AvgIpc) is 2.13. The van der Waals surface area contributed by atoms with E-state index in [0.717, 1.165) is 12.8 Å². The molecule has 3 nitrogen and oxygen atoms in total. The van der Waals surface area contributed by atoms with Gasteiger partial charge in [-0.2, -0.15) is 0 Å². The van der Waals surface area contributed by atoms with Crippen molar-refractivity contribution in [2.75, 3.05) is 20.7 Å². The average molecular weight is 157 g/mol. The summed E-state index contributed by atoms with van der Waals surface area (Å²) in [5.74, 6) is -0.0544. The van der Waals surface area contributed by atoms with Gasteiger partial charge in [0.1, 0.15) is 0 Å². The van der Waals surface area contributed by atoms with Gasteiger partial charge in [0, 0.05) is 6.04 Å². The van der Waals surface area contributed by atoms with Crippen molar-refractivity contribution in [3.63, 3.8) is 0 Å². The van der Waals surface area contributed by atoms with Crippen molar-refractivity contribution in [3.8, 4) is 0 Å². The number of hydrogen-bond donors (Lipinski definition) is 0. The second-order valence-electron chi connectivity index (χ2n) is 3.18. The zero-order valence-corrected chi connectivity index (χ0v) is 7.17. The van der Waals surface area contributed by atoms with E-state index >= 15 is 0 Å². The number of nitrogens with zero attached hydrogens (tertiary/aromatic N) is 1. The van der Waals surface area contributed by atoms with Crippen LogP contribution >= 0.6 is 0 Å². The molecule has 0 aromatic carbocycles. The highest BCUT2D eigenvalue weighted by Crippen LogP contribution is 2.12. The Morgan fingerprint density at radius 2 is 2.27 bits per heavy atom. The molecule has 0 saturated carbocycles. The minimum atomic E-state index is -0.0544. The standard InChI is InChI=1S/C8H15NO2/c1-9(2)7-4-3-5-11-8(10)6-7/h7H,3-6H2,1-2H3. The van der Waals surface area contributed by atoms with Crippen LogP contribution in [0.3, 0.4) is 0 Å². The van der Waals surface area contributed by atoms with Crippen molar-refractivity contribution in [1.82, 2.24) is 4.90 Å². The number of carbonyl (C=O) groups excluding carboxylic acids is 1. The van der Waals surface area contributed by atoms with Gasteiger partial charge in [-0.15, -0.1) is 0 Å². The first-order valence-electron chi connectivity index (χ1n) is 4.02. The molecule has 0 aliphatic carbocycles. The van der Waals surface area contributed by atoms with Gasteiger partial charge in [0.25, 0.3) is 0 Å². The highest BCUT2D eigenvalue weighted by molar-refractivity contribution is 5.70. The van der Waals surface area contributed by atoms with Gasteiger partial charge in [-0.25, -0.2) is 0 Å². The van der Waals surface area contributed by atoms with Gasteiger partial charge < -0.3 is 9.64 Å². The molecule has 3 heteroatoms. The summed E-state index contributed by atoms with van der Waals surface area (Å²) in [5, 5.41) is 0. The highest BCUT2D eigenvalue weighted by Gasteiger charge is 2.19. The van der Waals surface area contributed by atoms with Crippen molar-refractivity contribution in [2.45, 2.75) is 25.3 Å². The molecule has 64 valence electrons. The third-order valence-corrected chi connectivity index (χ3v) is 2.08. The third-order valence-electron chi connectivity index (χ3n) is 2.08. The molecule has 1 saturated heterocycles. The molecule has 1 rings (SSSR count). The SMILES string of the molecule is CN(C)C1CCCOC(=O)C1. The summed E-state index contributed by atoms with van der Waals surface area (Å²) in [7, 11) is 4.01. The van der Waals surface area contributed by atoms with Crippen molar-refractivity contribution >= 4 is 5.97 Å². The zero-order chi connectivity index (χ0) is 8.27. The first-order valence-corrected chi connectivity index (χ1v) is 4.02. The van der Waals surface area contributed by atoms with E-state index in [0.29, 0.717) is 19.1 Å². The van der Waals surface area contributed by atoms with Crippen molar-refractivity contribution < 1.29 is 9.53 Å². The lowest BCUT2D eigenvalue weighted by molar-refractivity contribution is -0.143. The zero-order valence-electron chi connectivity index (χ0n) is 7.17. The van der Waals surface area contributed by atoms with Crippen LogP contribution in [0.15, 0.2) is 0 Å². The molecule has 1 fully saturated rings. The second-order valence-corrected chi connectivity index (χ2v) is 3.18. The Labute approximate surface area is 67.3 Å². The van der Waals surface area contributed by atoms with E-state index in [2.05, 4.69) is 4.90 Å². The summed E-state index contributed by atoms with van der Waals surface area (Å²) >= 11 is 0. The smallest absolute Gasteiger partial charge is 0.307 e. The van der Waals surface area contributed by atoms with Gasteiger partial charge in [0.05, 0.1) is 13.0 Å². The van der Waals surface area contributed by atoms with Gasteiger partial charge in [-0.3, -0.25) is 4.79 Å². The second kappa shape index (κ2) is 3.72. The number of rotatable bonds is 1. The summed E-state index contributed by atoms with van der Waals surface area (Å²) in [4.78, 5) is 13.0. The van der Waals surface area contributed by atoms with Crippen LogP contribution in [0.5, 0.6) is 0 Å². The molecule has 0 radical (unpaired) electrons. The number of hydrogen-bond acceptors (Lipinski definition) is 3. The summed E-state index contributed by atoms with van der Waals surface area (Å²) in [5.41, 5.74) is 0. The molecule has 0 N–H and O–H groups in total. The van der Waals surface area contributed by atoms with Crippen LogP contribution in [0.2, 0.25) is 0 Å². The minimum absolute atomic E-state index is 0.0544. The van der Waals surface area contributed by atoms with Gasteiger partial charge in [-0.05, 0) is 26.9 Å². The van der Waals surface area contributed by atoms with Crippen LogP contribution in [0.1, 0.15) is 19.3 Å². The van der Waals surface area contributed by atoms with E-state index in [-0.39, 0.29) is 5.97 Å². The maximum Gasteiger partial charge on any atom is 0.307 e. The van der Waals surface area contributed by atoms with E-state index in [4.69, 9.17) is 4.74 Å². The van der Waals surface area contributed by atoms with Crippen LogP contribution in [0.4, 0.5) is 0 Å². The summed E-state index contributed by atoms with van der Waals surface area (Å²) < 4.78 is 4.92. The van der Waals surface area contributed by atoms with E-state index < -0.39 is 0 Å². The molecule has 1 heterocycles. The molecular weight excluding hydrogens is 142 g/mol. The Kier molecular flexibility index (Phi) is 2.88. The monoisotopic (exact) mass is 157 g/mol. The quantitative estimate of drug-likeness (QED) is 0.523. The van der Waals surface area contributed by atoms with Crippen molar-refractivity contribution in [1.29, 1.82) is 0 Å². The largest absolute Gasteiger partial charge is 0.466 e. The summed E-state index contributed by atoms with van der Waals surface area (Å²) in [6.07, 6.45) is 2.61. The molecule has 0 aromatic heterocycles. The van der Waals surface area contributed by atoms with Gasteiger partial charge in [-0.1, -0.05) is 0 Å². The van der Waals surface area contributed by atoms with E-state index in [9.17, 15) is 4.79 Å². The maximum absolute atomic E-state index is 10.9. The van der Waals surface area contributed by atoms with Crippen LogP contribution < -0.4 is 0 Å². The maximum atomic E-state index is 10.9. The fourth-order valence-electron chi connectivity index (χ4n) is 1.30. The lowest BCUT2D eigenvalue weighted by Gasteiger charge is -2.20. The van der Waals surface area contributed by atoms with Crippen molar-refractivity contribution in [2.24, 2.45) is 0 Å². The number of carbonyl (C=O) groups is 1. The van der Waals surface area contributed by atoms with Crippen LogP contribution in [0.25, 0.3) is 0 Å². The van der Waals surface area contributed by atoms with Crippen LogP contribution in [0, 0.1) is 0 Å². The topological polar surface area (TPSA) is 29.5 Å². The summed E-state index contributed by atoms with van der Waals surface area (Å²) in [6, 6.07) is 0.380. The third kappa shape index (κ3) is 2.50. The molecule has 0 bridgehead atoms. The highest BCUT2D eigenvalue weighted by atomic mass is 16.5. The number of cyclic esters (lactones) is 1. The van der Waals surface area contributed by atoms with E-state index in [1.807, 2.05) is 14.1 Å². The molecule has 1 aliphatic rings.